The summed E-state index contributed by atoms with van der Waals surface area (Å²) in [5.74, 6) is 0.984. The molecule has 0 aromatic rings. The van der Waals surface area contributed by atoms with Crippen molar-refractivity contribution in [2.45, 2.75) is 40.0 Å². The summed E-state index contributed by atoms with van der Waals surface area (Å²) in [6.45, 7) is 9.09. The maximum Gasteiger partial charge on any atom is 0.220 e. The smallest absolute Gasteiger partial charge is 0.220 e. The second kappa shape index (κ2) is 10.5. The van der Waals surface area contributed by atoms with Crippen LogP contribution in [0.15, 0.2) is 0 Å². The number of nitrogens with two attached hydrogens (primary N) is 1. The third-order valence-electron chi connectivity index (χ3n) is 2.62. The fraction of sp³-hybridized carbons (Fsp3) is 0.923. The predicted molar refractivity (Wildman–Crippen MR) is 70.7 cm³/mol. The van der Waals surface area contributed by atoms with Crippen LogP contribution in [0.4, 0.5) is 0 Å². The van der Waals surface area contributed by atoms with E-state index in [9.17, 15) is 4.79 Å². The van der Waals surface area contributed by atoms with Gasteiger partial charge >= 0.3 is 0 Å². The lowest BCUT2D eigenvalue weighted by Gasteiger charge is -2.12. The van der Waals surface area contributed by atoms with Gasteiger partial charge in [0.2, 0.25) is 5.91 Å². The first-order chi connectivity index (χ1) is 8.10. The molecule has 0 bridgehead atoms. The predicted octanol–water partition coefficient (Wildman–Crippen LogP) is 1.54. The van der Waals surface area contributed by atoms with Crippen LogP contribution in [0.1, 0.15) is 40.0 Å². The minimum absolute atomic E-state index is 0.103. The van der Waals surface area contributed by atoms with E-state index in [0.29, 0.717) is 38.0 Å². The van der Waals surface area contributed by atoms with Gasteiger partial charge in [0.05, 0.1) is 0 Å². The maximum atomic E-state index is 11.5. The number of carbonyl (C=O) groups is 1. The number of carbonyl (C=O) groups excluding carboxylic acids is 1. The number of amides is 1. The molecule has 102 valence electrons. The van der Waals surface area contributed by atoms with Crippen LogP contribution in [-0.4, -0.2) is 32.2 Å². The van der Waals surface area contributed by atoms with Crippen LogP contribution < -0.4 is 11.1 Å². The summed E-state index contributed by atoms with van der Waals surface area (Å²) in [4.78, 5) is 11.5. The minimum Gasteiger partial charge on any atom is -0.381 e. The molecule has 0 fully saturated rings. The fourth-order valence-corrected chi connectivity index (χ4v) is 1.45. The van der Waals surface area contributed by atoms with E-state index < -0.39 is 0 Å². The Morgan fingerprint density at radius 3 is 2.65 bits per heavy atom. The van der Waals surface area contributed by atoms with Gasteiger partial charge in [-0.15, -0.1) is 0 Å². The Morgan fingerprint density at radius 2 is 2.12 bits per heavy atom. The normalized spacial score (nSPS) is 12.8. The molecule has 4 nitrogen and oxygen atoms in total. The standard InChI is InChI=1S/C13H28N2O2/c1-4-12(9-14)8-13(16)15-6-5-7-17-10-11(2)3/h11-12H,4-10,14H2,1-3H3,(H,15,16). The van der Waals surface area contributed by atoms with E-state index in [4.69, 9.17) is 10.5 Å². The number of nitrogens with one attached hydrogen (secondary N) is 1. The summed E-state index contributed by atoms with van der Waals surface area (Å²) >= 11 is 0. The van der Waals surface area contributed by atoms with Crippen LogP contribution in [0.2, 0.25) is 0 Å². The highest BCUT2D eigenvalue weighted by molar-refractivity contribution is 5.76. The monoisotopic (exact) mass is 244 g/mol. The van der Waals surface area contributed by atoms with Crippen LogP contribution in [0.25, 0.3) is 0 Å². The SMILES string of the molecule is CCC(CN)CC(=O)NCCCOCC(C)C. The Kier molecular flexibility index (Phi) is 10.2. The molecule has 0 saturated heterocycles. The molecule has 17 heavy (non-hydrogen) atoms. The summed E-state index contributed by atoms with van der Waals surface area (Å²) in [5, 5.41) is 2.90. The Balaban J connectivity index is 3.39. The first-order valence-corrected chi connectivity index (χ1v) is 6.64. The van der Waals surface area contributed by atoms with Crippen molar-refractivity contribution >= 4 is 5.91 Å². The largest absolute Gasteiger partial charge is 0.381 e. The lowest BCUT2D eigenvalue weighted by Crippen LogP contribution is -2.29. The van der Waals surface area contributed by atoms with E-state index in [0.717, 1.165) is 19.4 Å². The van der Waals surface area contributed by atoms with E-state index in [2.05, 4.69) is 26.1 Å². The lowest BCUT2D eigenvalue weighted by molar-refractivity contribution is -0.122. The van der Waals surface area contributed by atoms with Crippen molar-refractivity contribution < 1.29 is 9.53 Å². The van der Waals surface area contributed by atoms with Crippen molar-refractivity contribution in [2.24, 2.45) is 17.6 Å². The fourth-order valence-electron chi connectivity index (χ4n) is 1.45. The lowest BCUT2D eigenvalue weighted by atomic mass is 10.0. The number of ether oxygens (including phenoxy) is 1. The third-order valence-corrected chi connectivity index (χ3v) is 2.62. The molecule has 0 spiro atoms. The van der Waals surface area contributed by atoms with Gasteiger partial charge in [0, 0.05) is 26.2 Å². The molecule has 4 heteroatoms. The van der Waals surface area contributed by atoms with Gasteiger partial charge in [-0.25, -0.2) is 0 Å². The molecule has 0 saturated carbocycles. The van der Waals surface area contributed by atoms with Crippen molar-refractivity contribution in [3.05, 3.63) is 0 Å². The molecule has 0 aliphatic rings. The number of rotatable bonds is 10. The van der Waals surface area contributed by atoms with Crippen molar-refractivity contribution in [1.29, 1.82) is 0 Å². The van der Waals surface area contributed by atoms with Gasteiger partial charge in [0.15, 0.2) is 0 Å². The highest BCUT2D eigenvalue weighted by Gasteiger charge is 2.09. The van der Waals surface area contributed by atoms with Crippen LogP contribution in [0, 0.1) is 11.8 Å². The maximum absolute atomic E-state index is 11.5. The molecule has 1 unspecified atom stereocenters. The van der Waals surface area contributed by atoms with Gasteiger partial charge in [-0.1, -0.05) is 27.2 Å². The Bertz CT molecular complexity index is 192. The molecule has 0 rings (SSSR count). The second-order valence-electron chi connectivity index (χ2n) is 4.89. The molecule has 0 aromatic heterocycles. The van der Waals surface area contributed by atoms with Crippen LogP contribution >= 0.6 is 0 Å². The highest BCUT2D eigenvalue weighted by atomic mass is 16.5. The Hall–Kier alpha value is -0.610. The molecular weight excluding hydrogens is 216 g/mol. The Morgan fingerprint density at radius 1 is 1.41 bits per heavy atom. The van der Waals surface area contributed by atoms with E-state index in [1.807, 2.05) is 0 Å². The van der Waals surface area contributed by atoms with E-state index >= 15 is 0 Å². The van der Waals surface area contributed by atoms with Crippen molar-refractivity contribution in [1.82, 2.24) is 5.32 Å². The summed E-state index contributed by atoms with van der Waals surface area (Å²) in [6, 6.07) is 0. The van der Waals surface area contributed by atoms with Crippen molar-refractivity contribution in [3.63, 3.8) is 0 Å². The molecule has 0 radical (unpaired) electrons. The topological polar surface area (TPSA) is 64.4 Å². The number of hydrogen-bond acceptors (Lipinski definition) is 3. The van der Waals surface area contributed by atoms with Gasteiger partial charge in [-0.2, -0.15) is 0 Å². The second-order valence-corrected chi connectivity index (χ2v) is 4.89. The average Bonchev–Trinajstić information content (AvgIpc) is 2.30. The van der Waals surface area contributed by atoms with E-state index in [1.165, 1.54) is 0 Å². The van der Waals surface area contributed by atoms with Crippen molar-refractivity contribution in [3.8, 4) is 0 Å². The molecule has 0 aliphatic heterocycles. The first kappa shape index (κ1) is 16.4. The van der Waals surface area contributed by atoms with Crippen LogP contribution in [0.3, 0.4) is 0 Å². The number of hydrogen-bond donors (Lipinski definition) is 2. The Labute approximate surface area is 105 Å². The van der Waals surface area contributed by atoms with Crippen LogP contribution in [-0.2, 0) is 9.53 Å². The van der Waals surface area contributed by atoms with Crippen LogP contribution in [0.5, 0.6) is 0 Å². The summed E-state index contributed by atoms with van der Waals surface area (Å²) in [6.07, 6.45) is 2.37. The summed E-state index contributed by atoms with van der Waals surface area (Å²) < 4.78 is 5.43. The van der Waals surface area contributed by atoms with Gasteiger partial charge in [-0.3, -0.25) is 4.79 Å². The zero-order chi connectivity index (χ0) is 13.1. The van der Waals surface area contributed by atoms with Gasteiger partial charge in [0.1, 0.15) is 0 Å². The molecule has 0 aliphatic carbocycles. The average molecular weight is 244 g/mol. The highest BCUT2D eigenvalue weighted by Crippen LogP contribution is 2.05. The zero-order valence-electron chi connectivity index (χ0n) is 11.5. The minimum atomic E-state index is 0.103. The van der Waals surface area contributed by atoms with Crippen molar-refractivity contribution in [2.75, 3.05) is 26.3 Å². The molecule has 0 aromatic carbocycles. The van der Waals surface area contributed by atoms with E-state index in [1.54, 1.807) is 0 Å². The molecule has 3 N–H and O–H groups in total. The molecular formula is C13H28N2O2. The third kappa shape index (κ3) is 10.3. The van der Waals surface area contributed by atoms with Gasteiger partial charge in [-0.05, 0) is 24.8 Å². The zero-order valence-corrected chi connectivity index (χ0v) is 11.5. The first-order valence-electron chi connectivity index (χ1n) is 6.64. The van der Waals surface area contributed by atoms with Gasteiger partial charge < -0.3 is 15.8 Å². The summed E-state index contributed by atoms with van der Waals surface area (Å²) in [5.41, 5.74) is 5.55. The van der Waals surface area contributed by atoms with E-state index in [-0.39, 0.29) is 5.91 Å². The molecule has 1 amide bonds. The summed E-state index contributed by atoms with van der Waals surface area (Å²) in [7, 11) is 0. The molecule has 0 heterocycles. The molecule has 1 atom stereocenters. The quantitative estimate of drug-likeness (QED) is 0.573. The van der Waals surface area contributed by atoms with Gasteiger partial charge in [0.25, 0.3) is 0 Å².